The number of imide groups is 1. The normalized spacial score (nSPS) is 20.0. The summed E-state index contributed by atoms with van der Waals surface area (Å²) in [4.78, 5) is 74.7. The number of piperidine rings is 2. The van der Waals surface area contributed by atoms with Gasteiger partial charge in [0.1, 0.15) is 40.3 Å². The summed E-state index contributed by atoms with van der Waals surface area (Å²) in [6.07, 6.45) is 4.08. The van der Waals surface area contributed by atoms with Crippen molar-refractivity contribution < 1.29 is 51.0 Å². The molecule has 4 aromatic carbocycles. The molecule has 16 nitrogen and oxygen atoms in total. The number of methoxy groups -OCH3 is 1. The van der Waals surface area contributed by atoms with E-state index in [2.05, 4.69) is 31.2 Å². The molecule has 0 bridgehead atoms. The van der Waals surface area contributed by atoms with Crippen LogP contribution in [0.1, 0.15) is 54.4 Å². The lowest BCUT2D eigenvalue weighted by molar-refractivity contribution is -0.188. The minimum absolute atomic E-state index is 0.0142. The maximum absolute atomic E-state index is 15.8. The Hall–Kier alpha value is -7.32. The minimum Gasteiger partial charge on any atom is -0.495 e. The SMILES string of the molecule is COc1cc2c(Oc3ccc(NC(=O)C4(C(=O)Nc5ccc(F)cc5)CC4)cc3)ccnc2cc1N1CCC(CN2CCN(CCNc3c(F)ccc4c3CN([C@H]3CCC(=O)NC3=O)C4=O)CC2(F)F)CC1. The summed E-state index contributed by atoms with van der Waals surface area (Å²) in [5.41, 5.74) is 1.94. The van der Waals surface area contributed by atoms with E-state index >= 15 is 13.2 Å². The van der Waals surface area contributed by atoms with Gasteiger partial charge in [-0.25, -0.2) is 13.7 Å². The summed E-state index contributed by atoms with van der Waals surface area (Å²) in [6, 6.07) is 16.3. The third-order valence-electron chi connectivity index (χ3n) is 14.5. The summed E-state index contributed by atoms with van der Waals surface area (Å²) < 4.78 is 72.2. The smallest absolute Gasteiger partial charge is 0.317 e. The Labute approximate surface area is 412 Å². The second-order valence-corrected chi connectivity index (χ2v) is 19.1. The van der Waals surface area contributed by atoms with Crippen LogP contribution in [0.25, 0.3) is 10.9 Å². The van der Waals surface area contributed by atoms with Gasteiger partial charge in [-0.1, -0.05) is 0 Å². The molecule has 3 saturated heterocycles. The van der Waals surface area contributed by atoms with Crippen LogP contribution in [0.5, 0.6) is 17.2 Å². The number of rotatable bonds is 15. The predicted molar refractivity (Wildman–Crippen MR) is 259 cm³/mol. The molecular formula is C52H53F4N9O7. The molecule has 10 rings (SSSR count). The zero-order valence-corrected chi connectivity index (χ0v) is 39.4. The first-order valence-electron chi connectivity index (χ1n) is 24.1. The van der Waals surface area contributed by atoms with Gasteiger partial charge in [-0.3, -0.25) is 39.2 Å². The molecule has 1 saturated carbocycles. The highest BCUT2D eigenvalue weighted by Gasteiger charge is 2.56. The maximum atomic E-state index is 15.8. The first kappa shape index (κ1) is 48.3. The number of ether oxygens (including phenoxy) is 2. The Kier molecular flexibility index (Phi) is 13.2. The largest absolute Gasteiger partial charge is 0.495 e. The number of alkyl halides is 2. The second kappa shape index (κ2) is 19.7. The quantitative estimate of drug-likeness (QED) is 0.0367. The van der Waals surface area contributed by atoms with E-state index in [0.29, 0.717) is 90.4 Å². The number of benzene rings is 4. The minimum atomic E-state index is -3.08. The number of carbonyl (C=O) groups is 5. The van der Waals surface area contributed by atoms with Crippen LogP contribution in [0.4, 0.5) is 40.3 Å². The van der Waals surface area contributed by atoms with Crippen LogP contribution in [0.2, 0.25) is 0 Å². The lowest BCUT2D eigenvalue weighted by Gasteiger charge is -2.43. The monoisotopic (exact) mass is 991 g/mol. The van der Waals surface area contributed by atoms with Crippen molar-refractivity contribution in [3.05, 3.63) is 108 Å². The summed E-state index contributed by atoms with van der Waals surface area (Å²) in [7, 11) is 1.59. The Balaban J connectivity index is 0.702. The number of hydrogen-bond donors (Lipinski definition) is 4. The highest BCUT2D eigenvalue weighted by molar-refractivity contribution is 6.17. The number of nitrogens with zero attached hydrogens (tertiary/aromatic N) is 5. The van der Waals surface area contributed by atoms with Gasteiger partial charge in [0.05, 0.1) is 30.5 Å². The molecule has 5 heterocycles. The fraction of sp³-hybridized carbons (Fsp3) is 0.385. The van der Waals surface area contributed by atoms with E-state index < -0.39 is 65.2 Å². The molecule has 5 aromatic rings. The molecule has 20 heteroatoms. The Bertz CT molecular complexity index is 2930. The van der Waals surface area contributed by atoms with E-state index in [-0.39, 0.29) is 62.7 Å². The number of amides is 5. The van der Waals surface area contributed by atoms with E-state index in [1.807, 2.05) is 12.1 Å². The standard InChI is InChI=1S/C52H53F4N9O7/c1-71-44-26-37-40(57-19-14-43(37)72-35-8-6-34(7-9-35)60-50(70)51(17-18-51)49(69)59-33-4-2-32(53)3-5-33)27-42(44)63-21-15-31(16-22-63)28-64-25-24-62(30-52(64,55)56)23-20-58-46-38-29-65(41-12-13-45(66)61-47(41)67)48(68)36(38)10-11-39(46)54/h2-11,14,19,26-27,31,41,58H,12-13,15-18,20-25,28-30H2,1H3,(H,59,69)(H,60,70)(H,61,66,67)/t41-/m0/s1. The Morgan fingerprint density at radius 2 is 1.56 bits per heavy atom. The number of halogens is 4. The zero-order chi connectivity index (χ0) is 50.3. The van der Waals surface area contributed by atoms with E-state index in [4.69, 9.17) is 9.47 Å². The van der Waals surface area contributed by atoms with E-state index in [1.54, 1.807) is 48.5 Å². The molecule has 4 N–H and O–H groups in total. The highest BCUT2D eigenvalue weighted by Crippen LogP contribution is 2.48. The van der Waals surface area contributed by atoms with Crippen molar-refractivity contribution in [3.8, 4) is 17.2 Å². The molecule has 0 spiro atoms. The van der Waals surface area contributed by atoms with Crippen LogP contribution in [0.3, 0.4) is 0 Å². The number of fused-ring (bicyclic) bond motifs is 2. The summed E-state index contributed by atoms with van der Waals surface area (Å²) in [5.74, 6) is -1.63. The molecule has 0 unspecified atom stereocenters. The van der Waals surface area contributed by atoms with Gasteiger partial charge in [0.15, 0.2) is 0 Å². The third kappa shape index (κ3) is 9.84. The van der Waals surface area contributed by atoms with Crippen LogP contribution in [0, 0.1) is 23.0 Å². The molecule has 4 aliphatic heterocycles. The number of carbonyl (C=O) groups excluding carboxylic acids is 5. The number of hydrogen-bond acceptors (Lipinski definition) is 12. The van der Waals surface area contributed by atoms with Gasteiger partial charge in [-0.05, 0) is 117 Å². The van der Waals surface area contributed by atoms with E-state index in [1.165, 1.54) is 46.2 Å². The van der Waals surface area contributed by atoms with Crippen LogP contribution in [-0.4, -0.2) is 121 Å². The second-order valence-electron chi connectivity index (χ2n) is 19.1. The van der Waals surface area contributed by atoms with Crippen molar-refractivity contribution in [2.45, 2.75) is 57.2 Å². The lowest BCUT2D eigenvalue weighted by Crippen LogP contribution is -2.59. The first-order valence-corrected chi connectivity index (χ1v) is 24.1. The molecule has 1 aliphatic carbocycles. The molecule has 72 heavy (non-hydrogen) atoms. The molecule has 4 fully saturated rings. The average molecular weight is 992 g/mol. The van der Waals surface area contributed by atoms with Crippen LogP contribution in [-0.2, 0) is 25.7 Å². The van der Waals surface area contributed by atoms with Gasteiger partial charge in [0, 0.05) is 92.9 Å². The molecule has 5 aliphatic rings. The van der Waals surface area contributed by atoms with Crippen LogP contribution < -0.4 is 35.6 Å². The van der Waals surface area contributed by atoms with Crippen molar-refractivity contribution in [1.82, 2.24) is 25.0 Å². The number of piperazine rings is 1. The molecule has 376 valence electrons. The van der Waals surface area contributed by atoms with Gasteiger partial charge >= 0.3 is 6.05 Å². The van der Waals surface area contributed by atoms with Crippen LogP contribution in [0.15, 0.2) is 85.1 Å². The van der Waals surface area contributed by atoms with Crippen molar-refractivity contribution in [2.24, 2.45) is 11.3 Å². The number of pyridine rings is 1. The zero-order valence-electron chi connectivity index (χ0n) is 39.4. The van der Waals surface area contributed by atoms with Crippen molar-refractivity contribution in [2.75, 3.05) is 80.3 Å². The fourth-order valence-corrected chi connectivity index (χ4v) is 10.2. The van der Waals surface area contributed by atoms with Gasteiger partial charge < -0.3 is 35.2 Å². The summed E-state index contributed by atoms with van der Waals surface area (Å²) in [6.45, 7) is 1.92. The molecule has 1 aromatic heterocycles. The molecular weight excluding hydrogens is 939 g/mol. The first-order chi connectivity index (χ1) is 34.7. The Morgan fingerprint density at radius 3 is 2.22 bits per heavy atom. The van der Waals surface area contributed by atoms with Gasteiger partial charge in [0.25, 0.3) is 5.91 Å². The van der Waals surface area contributed by atoms with Crippen LogP contribution >= 0.6 is 0 Å². The topological polar surface area (TPSA) is 178 Å². The van der Waals surface area contributed by atoms with Crippen molar-refractivity contribution in [3.63, 3.8) is 0 Å². The highest BCUT2D eigenvalue weighted by atomic mass is 19.3. The lowest BCUT2D eigenvalue weighted by atomic mass is 9.95. The van der Waals surface area contributed by atoms with Gasteiger partial charge in [-0.2, -0.15) is 8.78 Å². The molecule has 0 radical (unpaired) electrons. The van der Waals surface area contributed by atoms with Crippen molar-refractivity contribution >= 4 is 63.2 Å². The molecule has 1 atom stereocenters. The van der Waals surface area contributed by atoms with Crippen molar-refractivity contribution in [1.29, 1.82) is 0 Å². The Morgan fingerprint density at radius 1 is 0.847 bits per heavy atom. The van der Waals surface area contributed by atoms with Gasteiger partial charge in [-0.15, -0.1) is 0 Å². The fourth-order valence-electron chi connectivity index (χ4n) is 10.2. The summed E-state index contributed by atoms with van der Waals surface area (Å²) >= 11 is 0. The average Bonchev–Trinajstić information content (AvgIpc) is 4.12. The number of nitrogens with one attached hydrogen (secondary N) is 4. The van der Waals surface area contributed by atoms with E-state index in [0.717, 1.165) is 5.69 Å². The number of aromatic nitrogens is 1. The van der Waals surface area contributed by atoms with E-state index in [9.17, 15) is 28.4 Å². The number of anilines is 4. The summed E-state index contributed by atoms with van der Waals surface area (Å²) in [5, 5.41) is 11.5. The molecule has 5 amide bonds. The third-order valence-corrected chi connectivity index (χ3v) is 14.5. The predicted octanol–water partition coefficient (Wildman–Crippen LogP) is 6.97. The maximum Gasteiger partial charge on any atom is 0.317 e. The van der Waals surface area contributed by atoms with Gasteiger partial charge in [0.2, 0.25) is 23.6 Å².